The summed E-state index contributed by atoms with van der Waals surface area (Å²) >= 11 is 0. The van der Waals surface area contributed by atoms with E-state index in [1.165, 1.54) is 50.1 Å². The highest BCUT2D eigenvalue weighted by molar-refractivity contribution is 6.26. The van der Waals surface area contributed by atoms with Gasteiger partial charge in [-0.1, -0.05) is 24.3 Å². The Morgan fingerprint density at radius 2 is 1.69 bits per heavy atom. The van der Waals surface area contributed by atoms with Crippen LogP contribution in [0.1, 0.15) is 24.0 Å². The van der Waals surface area contributed by atoms with Gasteiger partial charge in [-0.25, -0.2) is 4.79 Å². The number of aliphatic hydroxyl groups is 1. The van der Waals surface area contributed by atoms with E-state index in [0.29, 0.717) is 6.61 Å². The zero-order valence-electron chi connectivity index (χ0n) is 17.2. The van der Waals surface area contributed by atoms with E-state index in [-0.39, 0.29) is 0 Å². The number of hydrogen-bond donors (Lipinski definition) is 3. The number of nitrogens with zero attached hydrogens (tertiary/aromatic N) is 2. The van der Waals surface area contributed by atoms with Gasteiger partial charge in [-0.2, -0.15) is 0 Å². The van der Waals surface area contributed by atoms with Gasteiger partial charge >= 0.3 is 5.97 Å². The number of carboxylic acids is 2. The second kappa shape index (κ2) is 11.9. The fourth-order valence-corrected chi connectivity index (χ4v) is 4.14. The van der Waals surface area contributed by atoms with Crippen molar-refractivity contribution in [1.82, 2.24) is 9.80 Å². The summed E-state index contributed by atoms with van der Waals surface area (Å²) in [4.78, 5) is 24.9. The van der Waals surface area contributed by atoms with Gasteiger partial charge in [0.2, 0.25) is 0 Å². The van der Waals surface area contributed by atoms with E-state index in [1.807, 2.05) is 0 Å². The molecule has 2 heterocycles. The lowest BCUT2D eigenvalue weighted by atomic mass is 10.0. The molecule has 2 saturated heterocycles. The molecule has 0 atom stereocenters. The van der Waals surface area contributed by atoms with Crippen LogP contribution in [-0.4, -0.2) is 90.4 Å². The van der Waals surface area contributed by atoms with E-state index in [1.54, 1.807) is 4.90 Å². The van der Waals surface area contributed by atoms with Crippen molar-refractivity contribution >= 4 is 11.9 Å². The molecule has 0 aliphatic carbocycles. The molecule has 3 N–H and O–H groups in total. The number of benzene rings is 1. The molecule has 8 nitrogen and oxygen atoms in total. The Kier molecular flexibility index (Phi) is 9.53. The lowest BCUT2D eigenvalue weighted by molar-refractivity contribution is -0.930. The van der Waals surface area contributed by atoms with Gasteiger partial charge in [0.15, 0.2) is 5.97 Å². The molecule has 0 unspecified atom stereocenters. The largest absolute Gasteiger partial charge is 0.539 e. The van der Waals surface area contributed by atoms with Crippen LogP contribution < -0.4 is 10.0 Å². The maximum Gasteiger partial charge on any atom is 0.351 e. The number of aliphatic carboxylic acids is 2. The number of piperazine rings is 1. The summed E-state index contributed by atoms with van der Waals surface area (Å²) in [5, 5.41) is 25.4. The smallest absolute Gasteiger partial charge is 0.351 e. The number of quaternary nitrogens is 1. The predicted molar refractivity (Wildman–Crippen MR) is 106 cm³/mol. The van der Waals surface area contributed by atoms with E-state index in [9.17, 15) is 0 Å². The van der Waals surface area contributed by atoms with Gasteiger partial charge in [-0.05, 0) is 18.1 Å². The molecule has 162 valence electrons. The van der Waals surface area contributed by atoms with Gasteiger partial charge in [0.05, 0.1) is 25.7 Å². The van der Waals surface area contributed by atoms with E-state index >= 15 is 0 Å². The first-order valence-corrected chi connectivity index (χ1v) is 10.3. The summed E-state index contributed by atoms with van der Waals surface area (Å²) in [5.74, 6) is -4.01. The van der Waals surface area contributed by atoms with Crippen LogP contribution in [0.5, 0.6) is 0 Å². The van der Waals surface area contributed by atoms with Crippen LogP contribution in [0.15, 0.2) is 24.3 Å². The summed E-state index contributed by atoms with van der Waals surface area (Å²) in [6.07, 6.45) is 2.67. The zero-order chi connectivity index (χ0) is 21.2. The topological polar surface area (TPSA) is 109 Å². The number of piperidine rings is 1. The van der Waals surface area contributed by atoms with Gasteiger partial charge in [0.1, 0.15) is 0 Å². The van der Waals surface area contributed by atoms with Crippen LogP contribution in [0.2, 0.25) is 0 Å². The Bertz CT molecular complexity index is 641. The molecule has 1 aromatic carbocycles. The Hall–Kier alpha value is -2.00. The minimum atomic E-state index is -2.07. The van der Waals surface area contributed by atoms with Crippen molar-refractivity contribution in [2.75, 3.05) is 52.4 Å². The highest BCUT2D eigenvalue weighted by Gasteiger charge is 2.30. The molecule has 3 rings (SSSR count). The SMILES string of the molecule is Cc1ccccc1CN1CCC([NH+]2CCN(CCO)CC2)CC1.O=C([O-])C(=O)O. The number of carbonyl (C=O) groups is 2. The summed E-state index contributed by atoms with van der Waals surface area (Å²) in [6.45, 7) is 11.8. The molecule has 0 bridgehead atoms. The standard InChI is InChI=1S/C19H31N3O.C2H2O4/c1-17-4-2-3-5-18(17)16-21-8-6-19(7-9-21)22-12-10-20(11-13-22)14-15-23;3-1(4)2(5)6/h2-5,19,23H,6-16H2,1H3;(H,3,4)(H,5,6). The van der Waals surface area contributed by atoms with Crippen LogP contribution in [0, 0.1) is 6.92 Å². The number of aryl methyl sites for hydroxylation is 1. The van der Waals surface area contributed by atoms with Gasteiger partial charge in [0.25, 0.3) is 0 Å². The second-order valence-electron chi connectivity index (χ2n) is 7.79. The first kappa shape index (κ1) is 23.3. The molecular weight excluding hydrogens is 374 g/mol. The molecule has 0 amide bonds. The number of nitrogens with one attached hydrogen (secondary N) is 1. The monoisotopic (exact) mass is 407 g/mol. The van der Waals surface area contributed by atoms with Crippen molar-refractivity contribution in [3.05, 3.63) is 35.4 Å². The summed E-state index contributed by atoms with van der Waals surface area (Å²) in [5.41, 5.74) is 2.90. The van der Waals surface area contributed by atoms with Crippen molar-refractivity contribution in [2.45, 2.75) is 32.4 Å². The molecule has 2 fully saturated rings. The fourth-order valence-electron chi connectivity index (χ4n) is 4.14. The van der Waals surface area contributed by atoms with Crippen molar-refractivity contribution in [3.8, 4) is 0 Å². The Morgan fingerprint density at radius 3 is 2.21 bits per heavy atom. The molecule has 8 heteroatoms. The normalized spacial score (nSPS) is 19.4. The van der Waals surface area contributed by atoms with Crippen LogP contribution in [0.4, 0.5) is 0 Å². The fraction of sp³-hybridized carbons (Fsp3) is 0.619. The third-order valence-electron chi connectivity index (χ3n) is 5.91. The van der Waals surface area contributed by atoms with Crippen molar-refractivity contribution in [3.63, 3.8) is 0 Å². The molecule has 0 radical (unpaired) electrons. The zero-order valence-corrected chi connectivity index (χ0v) is 17.2. The minimum absolute atomic E-state index is 0.298. The maximum atomic E-state index is 9.05. The average Bonchev–Trinajstić information content (AvgIpc) is 2.72. The number of carboxylic acid groups (broad SMARTS) is 2. The number of aliphatic hydroxyl groups excluding tert-OH is 1. The highest BCUT2D eigenvalue weighted by Crippen LogP contribution is 2.15. The molecular formula is C21H33N3O5. The molecule has 1 aromatic rings. The van der Waals surface area contributed by atoms with E-state index in [0.717, 1.165) is 32.2 Å². The summed E-state index contributed by atoms with van der Waals surface area (Å²) in [6, 6.07) is 9.63. The summed E-state index contributed by atoms with van der Waals surface area (Å²) < 4.78 is 0. The Morgan fingerprint density at radius 1 is 1.10 bits per heavy atom. The molecule has 0 aromatic heterocycles. The third kappa shape index (κ3) is 7.74. The van der Waals surface area contributed by atoms with Gasteiger partial charge < -0.3 is 25.0 Å². The number of β-amino-alcohol motifs (C(OH)–C–C–N with tert-alkyl or cyclic N) is 1. The molecule has 29 heavy (non-hydrogen) atoms. The number of carbonyl (C=O) groups excluding carboxylic acids is 1. The maximum absolute atomic E-state index is 9.05. The van der Waals surface area contributed by atoms with Gasteiger partial charge in [-0.15, -0.1) is 0 Å². The van der Waals surface area contributed by atoms with Crippen LogP contribution in [-0.2, 0) is 16.1 Å². The van der Waals surface area contributed by atoms with Crippen LogP contribution in [0.3, 0.4) is 0 Å². The van der Waals surface area contributed by atoms with Gasteiger partial charge in [0, 0.05) is 52.1 Å². The molecule has 2 aliphatic heterocycles. The first-order valence-electron chi connectivity index (χ1n) is 10.3. The van der Waals surface area contributed by atoms with Gasteiger partial charge in [-0.3, -0.25) is 9.80 Å². The molecule has 0 saturated carbocycles. The first-order chi connectivity index (χ1) is 13.9. The molecule has 2 aliphatic rings. The van der Waals surface area contributed by atoms with E-state index in [2.05, 4.69) is 41.0 Å². The third-order valence-corrected chi connectivity index (χ3v) is 5.91. The number of hydrogen-bond acceptors (Lipinski definition) is 6. The minimum Gasteiger partial charge on any atom is -0.539 e. The van der Waals surface area contributed by atoms with Crippen LogP contribution >= 0.6 is 0 Å². The Balaban J connectivity index is 0.000000438. The van der Waals surface area contributed by atoms with Crippen LogP contribution in [0.25, 0.3) is 0 Å². The van der Waals surface area contributed by atoms with E-state index < -0.39 is 11.9 Å². The second-order valence-corrected chi connectivity index (χ2v) is 7.79. The Labute approximate surface area is 172 Å². The highest BCUT2D eigenvalue weighted by atomic mass is 16.4. The summed E-state index contributed by atoms with van der Waals surface area (Å²) in [7, 11) is 0. The molecule has 0 spiro atoms. The quantitative estimate of drug-likeness (QED) is 0.483. The lowest BCUT2D eigenvalue weighted by Crippen LogP contribution is -3.18. The van der Waals surface area contributed by atoms with Crippen molar-refractivity contribution in [1.29, 1.82) is 0 Å². The van der Waals surface area contributed by atoms with Crippen molar-refractivity contribution in [2.24, 2.45) is 0 Å². The average molecular weight is 408 g/mol. The number of likely N-dealkylation sites (tertiary alicyclic amines) is 1. The predicted octanol–water partition coefficient (Wildman–Crippen LogP) is -2.03. The lowest BCUT2D eigenvalue weighted by Gasteiger charge is -2.40. The van der Waals surface area contributed by atoms with Crippen molar-refractivity contribution < 1.29 is 29.8 Å². The van der Waals surface area contributed by atoms with E-state index in [4.69, 9.17) is 24.9 Å². The number of rotatable bonds is 5.